The monoisotopic (exact) mass is 347 g/mol. The maximum atomic E-state index is 12.7. The number of benzene rings is 1. The number of ether oxygens (including phenoxy) is 1. The first kappa shape index (κ1) is 17.7. The van der Waals surface area contributed by atoms with Gasteiger partial charge in [0.25, 0.3) is 11.6 Å². The van der Waals surface area contributed by atoms with Crippen molar-refractivity contribution in [3.8, 4) is 0 Å². The number of morpholine rings is 1. The fourth-order valence-electron chi connectivity index (χ4n) is 3.66. The summed E-state index contributed by atoms with van der Waals surface area (Å²) < 4.78 is 5.46. The Labute approximate surface area is 147 Å². The zero-order chi connectivity index (χ0) is 18.0. The molecule has 2 atom stereocenters. The van der Waals surface area contributed by atoms with E-state index in [1.807, 2.05) is 6.92 Å². The molecule has 25 heavy (non-hydrogen) atoms. The molecule has 2 heterocycles. The van der Waals surface area contributed by atoms with Gasteiger partial charge in [0.1, 0.15) is 5.69 Å². The average Bonchev–Trinajstić information content (AvgIpc) is 2.60. The van der Waals surface area contributed by atoms with Crippen LogP contribution in [0.2, 0.25) is 0 Å². The predicted molar refractivity (Wildman–Crippen MR) is 95.0 cm³/mol. The van der Waals surface area contributed by atoms with Crippen LogP contribution in [0.15, 0.2) is 18.2 Å². The van der Waals surface area contributed by atoms with E-state index in [2.05, 4.69) is 11.8 Å². The summed E-state index contributed by atoms with van der Waals surface area (Å²) in [4.78, 5) is 27.7. The van der Waals surface area contributed by atoms with Crippen LogP contribution in [0.5, 0.6) is 0 Å². The average molecular weight is 347 g/mol. The van der Waals surface area contributed by atoms with E-state index in [0.29, 0.717) is 36.9 Å². The number of nitro benzene ring substituents is 1. The molecular weight excluding hydrogens is 322 g/mol. The van der Waals surface area contributed by atoms with Gasteiger partial charge in [-0.3, -0.25) is 14.9 Å². The number of nitro groups is 1. The highest BCUT2D eigenvalue weighted by molar-refractivity contribution is 5.96. The summed E-state index contributed by atoms with van der Waals surface area (Å²) in [5, 5.41) is 11.6. The smallest absolute Gasteiger partial charge is 0.293 e. The van der Waals surface area contributed by atoms with Crippen molar-refractivity contribution >= 4 is 17.3 Å². The summed E-state index contributed by atoms with van der Waals surface area (Å²) in [7, 11) is 0. The van der Waals surface area contributed by atoms with E-state index in [-0.39, 0.29) is 22.6 Å². The Bertz CT molecular complexity index is 664. The van der Waals surface area contributed by atoms with Gasteiger partial charge in [-0.05, 0) is 37.8 Å². The van der Waals surface area contributed by atoms with Crippen molar-refractivity contribution in [3.63, 3.8) is 0 Å². The third-order valence-corrected chi connectivity index (χ3v) is 4.95. The van der Waals surface area contributed by atoms with Crippen LogP contribution in [0.1, 0.15) is 37.0 Å². The quantitative estimate of drug-likeness (QED) is 0.621. The summed E-state index contributed by atoms with van der Waals surface area (Å²) >= 11 is 0. The Hall–Kier alpha value is -2.15. The molecule has 0 saturated carbocycles. The molecule has 0 bridgehead atoms. The number of piperidine rings is 1. The molecule has 7 heteroatoms. The Kier molecular flexibility index (Phi) is 5.22. The highest BCUT2D eigenvalue weighted by atomic mass is 16.6. The summed E-state index contributed by atoms with van der Waals surface area (Å²) in [6, 6.07) is 4.87. The second-order valence-electron chi connectivity index (χ2n) is 7.09. The van der Waals surface area contributed by atoms with Gasteiger partial charge in [0.05, 0.1) is 17.6 Å². The Morgan fingerprint density at radius 1 is 1.28 bits per heavy atom. The lowest BCUT2D eigenvalue weighted by Gasteiger charge is -2.33. The maximum Gasteiger partial charge on any atom is 0.293 e. The summed E-state index contributed by atoms with van der Waals surface area (Å²) in [6.45, 7) is 7.24. The molecule has 0 aliphatic carbocycles. The van der Waals surface area contributed by atoms with E-state index < -0.39 is 0 Å². The second kappa shape index (κ2) is 7.39. The molecule has 0 aromatic heterocycles. The third-order valence-electron chi connectivity index (χ3n) is 4.95. The van der Waals surface area contributed by atoms with Gasteiger partial charge in [0, 0.05) is 37.8 Å². The van der Waals surface area contributed by atoms with Crippen LogP contribution >= 0.6 is 0 Å². The fraction of sp³-hybridized carbons (Fsp3) is 0.611. The highest BCUT2D eigenvalue weighted by Crippen LogP contribution is 2.32. The van der Waals surface area contributed by atoms with Gasteiger partial charge >= 0.3 is 0 Å². The lowest BCUT2D eigenvalue weighted by molar-refractivity contribution is -0.384. The molecule has 7 nitrogen and oxygen atoms in total. The van der Waals surface area contributed by atoms with E-state index in [1.165, 1.54) is 6.07 Å². The SMILES string of the molecule is CC1CCCN(c2ccc(C(=O)N3CCOC(C)C3)cc2[N+](=O)[O-])C1. The molecule has 136 valence electrons. The second-order valence-corrected chi connectivity index (χ2v) is 7.09. The van der Waals surface area contributed by atoms with Crippen LogP contribution in [0.3, 0.4) is 0 Å². The fourth-order valence-corrected chi connectivity index (χ4v) is 3.66. The number of carbonyl (C=O) groups excluding carboxylic acids is 1. The molecule has 2 fully saturated rings. The molecular formula is C18H25N3O4. The molecule has 0 radical (unpaired) electrons. The number of hydrogen-bond donors (Lipinski definition) is 0. The van der Waals surface area contributed by atoms with E-state index in [9.17, 15) is 14.9 Å². The first-order chi connectivity index (χ1) is 12.0. The summed E-state index contributed by atoms with van der Waals surface area (Å²) in [5.74, 6) is 0.348. The molecule has 1 amide bonds. The minimum absolute atomic E-state index is 0.0122. The molecule has 1 aromatic rings. The minimum Gasteiger partial charge on any atom is -0.375 e. The Morgan fingerprint density at radius 2 is 2.08 bits per heavy atom. The lowest BCUT2D eigenvalue weighted by atomic mass is 9.99. The van der Waals surface area contributed by atoms with Crippen molar-refractivity contribution in [2.24, 2.45) is 5.92 Å². The first-order valence-corrected chi connectivity index (χ1v) is 8.90. The molecule has 0 spiro atoms. The van der Waals surface area contributed by atoms with E-state index >= 15 is 0 Å². The van der Waals surface area contributed by atoms with Crippen molar-refractivity contribution in [1.29, 1.82) is 0 Å². The standard InChI is InChI=1S/C18H25N3O4/c1-13-4-3-7-19(11-13)16-6-5-15(10-17(16)21(23)24)18(22)20-8-9-25-14(2)12-20/h5-6,10,13-14H,3-4,7-9,11-12H2,1-2H3. The van der Waals surface area contributed by atoms with Crippen LogP contribution < -0.4 is 4.90 Å². The number of amides is 1. The first-order valence-electron chi connectivity index (χ1n) is 8.90. The third kappa shape index (κ3) is 3.92. The topological polar surface area (TPSA) is 75.9 Å². The zero-order valence-corrected chi connectivity index (χ0v) is 14.8. The Balaban J connectivity index is 1.86. The lowest BCUT2D eigenvalue weighted by Crippen LogP contribution is -2.44. The van der Waals surface area contributed by atoms with Gasteiger partial charge in [0.2, 0.25) is 0 Å². The van der Waals surface area contributed by atoms with Crippen molar-refractivity contribution in [2.75, 3.05) is 37.7 Å². The molecule has 1 aromatic carbocycles. The Morgan fingerprint density at radius 3 is 2.76 bits per heavy atom. The van der Waals surface area contributed by atoms with Crippen molar-refractivity contribution < 1.29 is 14.5 Å². The molecule has 2 saturated heterocycles. The van der Waals surface area contributed by atoms with Crippen LogP contribution in [0.4, 0.5) is 11.4 Å². The van der Waals surface area contributed by atoms with Gasteiger partial charge in [-0.15, -0.1) is 0 Å². The van der Waals surface area contributed by atoms with Crippen LogP contribution in [0.25, 0.3) is 0 Å². The van der Waals surface area contributed by atoms with E-state index in [1.54, 1.807) is 17.0 Å². The van der Waals surface area contributed by atoms with Crippen LogP contribution in [-0.4, -0.2) is 54.6 Å². The van der Waals surface area contributed by atoms with E-state index in [4.69, 9.17) is 4.74 Å². The van der Waals surface area contributed by atoms with E-state index in [0.717, 1.165) is 25.9 Å². The number of nitrogens with zero attached hydrogens (tertiary/aromatic N) is 3. The number of hydrogen-bond acceptors (Lipinski definition) is 5. The van der Waals surface area contributed by atoms with Crippen LogP contribution in [-0.2, 0) is 4.74 Å². The normalized spacial score (nSPS) is 24.2. The van der Waals surface area contributed by atoms with Gasteiger partial charge in [0.15, 0.2) is 0 Å². The molecule has 2 aliphatic rings. The van der Waals surface area contributed by atoms with Gasteiger partial charge in [-0.2, -0.15) is 0 Å². The summed E-state index contributed by atoms with van der Waals surface area (Å²) in [6.07, 6.45) is 2.17. The molecule has 3 rings (SSSR count). The molecule has 0 N–H and O–H groups in total. The zero-order valence-electron chi connectivity index (χ0n) is 14.8. The van der Waals surface area contributed by atoms with Gasteiger partial charge < -0.3 is 14.5 Å². The van der Waals surface area contributed by atoms with Crippen molar-refractivity contribution in [3.05, 3.63) is 33.9 Å². The largest absolute Gasteiger partial charge is 0.375 e. The maximum absolute atomic E-state index is 12.7. The minimum atomic E-state index is -0.382. The molecule has 2 unspecified atom stereocenters. The van der Waals surface area contributed by atoms with Crippen molar-refractivity contribution in [2.45, 2.75) is 32.8 Å². The summed E-state index contributed by atoms with van der Waals surface area (Å²) in [5.41, 5.74) is 0.999. The highest BCUT2D eigenvalue weighted by Gasteiger charge is 2.27. The molecule has 2 aliphatic heterocycles. The van der Waals surface area contributed by atoms with Crippen LogP contribution in [0, 0.1) is 16.0 Å². The predicted octanol–water partition coefficient (Wildman–Crippen LogP) is 2.69. The van der Waals surface area contributed by atoms with Gasteiger partial charge in [-0.25, -0.2) is 0 Å². The number of rotatable bonds is 3. The number of anilines is 1. The number of carbonyl (C=O) groups is 1. The van der Waals surface area contributed by atoms with Crippen molar-refractivity contribution in [1.82, 2.24) is 4.90 Å². The van der Waals surface area contributed by atoms with Gasteiger partial charge in [-0.1, -0.05) is 6.92 Å².